The maximum absolute atomic E-state index is 11.6. The molecule has 4 nitrogen and oxygen atoms in total. The first-order valence-corrected chi connectivity index (χ1v) is 6.26. The molecular formula is C10H19N2NaO2S2. The molecule has 0 spiro atoms. The molecule has 0 N–H and O–H groups in total. The first kappa shape index (κ1) is 17.5. The van der Waals surface area contributed by atoms with E-state index in [1.165, 1.54) is 0 Å². The van der Waals surface area contributed by atoms with Gasteiger partial charge < -0.3 is 14.5 Å². The normalized spacial score (nSPS) is 15.5. The summed E-state index contributed by atoms with van der Waals surface area (Å²) < 4.78 is 5.75. The summed E-state index contributed by atoms with van der Waals surface area (Å²) in [6.45, 7) is 7.28. The average molecular weight is 286 g/mol. The zero-order valence-corrected chi connectivity index (χ0v) is 11.4. The summed E-state index contributed by atoms with van der Waals surface area (Å²) in [6.07, 6.45) is -0.224. The fourth-order valence-corrected chi connectivity index (χ4v) is 1.79. The third kappa shape index (κ3) is 6.29. The van der Waals surface area contributed by atoms with E-state index in [1.807, 2.05) is 18.7 Å². The van der Waals surface area contributed by atoms with Crippen molar-refractivity contribution in [2.24, 2.45) is 5.92 Å². The molecule has 0 aliphatic carbocycles. The average Bonchev–Trinajstić information content (AvgIpc) is 2.26. The molecular weight excluding hydrogens is 267 g/mol. The van der Waals surface area contributed by atoms with Gasteiger partial charge in [0.15, 0.2) is 0 Å². The monoisotopic (exact) mass is 286 g/mol. The quantitative estimate of drug-likeness (QED) is 0.466. The summed E-state index contributed by atoms with van der Waals surface area (Å²) >= 11 is 9.07. The molecule has 1 rings (SSSR count). The van der Waals surface area contributed by atoms with Gasteiger partial charge in [0.1, 0.15) is 4.32 Å². The number of piperazine rings is 1. The van der Waals surface area contributed by atoms with Crippen LogP contribution in [0.2, 0.25) is 0 Å². The van der Waals surface area contributed by atoms with Crippen molar-refractivity contribution in [3.05, 3.63) is 0 Å². The maximum atomic E-state index is 11.6. The number of hydrogen-bond donors (Lipinski definition) is 1. The van der Waals surface area contributed by atoms with E-state index < -0.39 is 0 Å². The molecule has 1 saturated heterocycles. The Labute approximate surface area is 136 Å². The van der Waals surface area contributed by atoms with Crippen LogP contribution < -0.4 is 0 Å². The Morgan fingerprint density at radius 1 is 1.29 bits per heavy atom. The Balaban J connectivity index is 0.00000256. The van der Waals surface area contributed by atoms with Gasteiger partial charge >= 0.3 is 35.7 Å². The van der Waals surface area contributed by atoms with E-state index >= 15 is 0 Å². The number of thiol groups is 1. The Bertz CT molecular complexity index is 269. The predicted molar refractivity (Wildman–Crippen MR) is 78.1 cm³/mol. The molecule has 0 atom stereocenters. The molecule has 1 fully saturated rings. The van der Waals surface area contributed by atoms with Gasteiger partial charge in [-0.3, -0.25) is 0 Å². The van der Waals surface area contributed by atoms with Gasteiger partial charge in [0.2, 0.25) is 0 Å². The second-order valence-corrected chi connectivity index (χ2v) is 5.34. The number of amides is 1. The first-order valence-electron chi connectivity index (χ1n) is 5.40. The number of carbonyl (C=O) groups excluding carboxylic acids is 1. The number of thiocarbonyl (C=S) groups is 1. The summed E-state index contributed by atoms with van der Waals surface area (Å²) in [5.41, 5.74) is 0. The Morgan fingerprint density at radius 2 is 1.76 bits per heavy atom. The molecule has 94 valence electrons. The topological polar surface area (TPSA) is 32.8 Å². The van der Waals surface area contributed by atoms with Crippen LogP contribution in [-0.2, 0) is 4.74 Å². The van der Waals surface area contributed by atoms with Crippen LogP contribution >= 0.6 is 24.8 Å². The van der Waals surface area contributed by atoms with E-state index in [-0.39, 0.29) is 35.7 Å². The molecule has 7 heteroatoms. The van der Waals surface area contributed by atoms with Crippen LogP contribution in [0.3, 0.4) is 0 Å². The minimum absolute atomic E-state index is 0. The molecule has 1 amide bonds. The molecule has 0 unspecified atom stereocenters. The van der Waals surface area contributed by atoms with Gasteiger partial charge in [0.05, 0.1) is 6.61 Å². The van der Waals surface area contributed by atoms with E-state index in [4.69, 9.17) is 17.0 Å². The van der Waals surface area contributed by atoms with Crippen molar-refractivity contribution in [2.75, 3.05) is 32.8 Å². The van der Waals surface area contributed by atoms with E-state index in [0.717, 1.165) is 13.1 Å². The molecule has 1 heterocycles. The standard InChI is InChI=1S/C10H18N2O2S2.Na.H/c1-8(2)7-14-9(13)11-3-5-12(6-4-11)10(15)16;;/h8H,3-7H2,1-2H3,(H,15,16);;. The SMILES string of the molecule is CC(C)COC(=O)N1CCN(C(=S)S)CC1.[NaH]. The number of nitrogens with zero attached hydrogens (tertiary/aromatic N) is 2. The molecule has 0 aromatic heterocycles. The summed E-state index contributed by atoms with van der Waals surface area (Å²) in [6, 6.07) is 0. The van der Waals surface area contributed by atoms with Crippen LogP contribution in [0.4, 0.5) is 4.79 Å². The van der Waals surface area contributed by atoms with Crippen molar-refractivity contribution in [1.82, 2.24) is 9.80 Å². The molecule has 0 aromatic rings. The van der Waals surface area contributed by atoms with Crippen molar-refractivity contribution < 1.29 is 9.53 Å². The number of rotatable bonds is 2. The fraction of sp³-hybridized carbons (Fsp3) is 0.800. The van der Waals surface area contributed by atoms with Crippen LogP contribution in [-0.4, -0.2) is 82.6 Å². The van der Waals surface area contributed by atoms with Crippen LogP contribution in [0.5, 0.6) is 0 Å². The molecule has 0 aromatic carbocycles. The molecule has 1 aliphatic heterocycles. The van der Waals surface area contributed by atoms with E-state index in [9.17, 15) is 4.79 Å². The zero-order chi connectivity index (χ0) is 12.1. The van der Waals surface area contributed by atoms with Gasteiger partial charge in [-0.05, 0) is 5.92 Å². The number of hydrogen-bond acceptors (Lipinski definition) is 3. The van der Waals surface area contributed by atoms with Crippen LogP contribution in [0.15, 0.2) is 0 Å². The van der Waals surface area contributed by atoms with Crippen molar-refractivity contribution in [3.63, 3.8) is 0 Å². The van der Waals surface area contributed by atoms with E-state index in [0.29, 0.717) is 29.9 Å². The Hall–Kier alpha value is 0.510. The van der Waals surface area contributed by atoms with Gasteiger partial charge in [0.25, 0.3) is 0 Å². The number of carbonyl (C=O) groups is 1. The predicted octanol–water partition coefficient (Wildman–Crippen LogP) is 0.963. The summed E-state index contributed by atoms with van der Waals surface area (Å²) in [4.78, 5) is 15.3. The van der Waals surface area contributed by atoms with Gasteiger partial charge in [-0.25, -0.2) is 4.79 Å². The minimum atomic E-state index is -0.224. The fourth-order valence-electron chi connectivity index (χ4n) is 1.41. The van der Waals surface area contributed by atoms with Gasteiger partial charge in [-0.2, -0.15) is 0 Å². The molecule has 0 saturated carbocycles. The zero-order valence-electron chi connectivity index (χ0n) is 9.68. The van der Waals surface area contributed by atoms with Crippen LogP contribution in [0.1, 0.15) is 13.8 Å². The van der Waals surface area contributed by atoms with Crippen molar-refractivity contribution in [2.45, 2.75) is 13.8 Å². The third-order valence-corrected chi connectivity index (χ3v) is 2.89. The van der Waals surface area contributed by atoms with Crippen LogP contribution in [0, 0.1) is 5.92 Å². The molecule has 17 heavy (non-hydrogen) atoms. The molecule has 0 radical (unpaired) electrons. The number of ether oxygens (including phenoxy) is 1. The van der Waals surface area contributed by atoms with Gasteiger partial charge in [-0.1, -0.05) is 26.1 Å². The van der Waals surface area contributed by atoms with Gasteiger partial charge in [-0.15, -0.1) is 12.6 Å². The van der Waals surface area contributed by atoms with E-state index in [1.54, 1.807) is 4.90 Å². The second kappa shape index (κ2) is 8.58. The second-order valence-electron chi connectivity index (χ2n) is 4.23. The third-order valence-electron chi connectivity index (χ3n) is 2.35. The van der Waals surface area contributed by atoms with Gasteiger partial charge in [0, 0.05) is 26.2 Å². The van der Waals surface area contributed by atoms with Crippen molar-refractivity contribution >= 4 is 64.8 Å². The Morgan fingerprint density at radius 3 is 2.18 bits per heavy atom. The van der Waals surface area contributed by atoms with Crippen LogP contribution in [0.25, 0.3) is 0 Å². The van der Waals surface area contributed by atoms with E-state index in [2.05, 4.69) is 12.6 Å². The molecule has 0 bridgehead atoms. The van der Waals surface area contributed by atoms with Crippen molar-refractivity contribution in [1.29, 1.82) is 0 Å². The summed E-state index contributed by atoms with van der Waals surface area (Å²) in [5, 5.41) is 0. The summed E-state index contributed by atoms with van der Waals surface area (Å²) in [7, 11) is 0. The Kier molecular flexibility index (Phi) is 8.84. The molecule has 1 aliphatic rings. The first-order chi connectivity index (χ1) is 7.50. The summed E-state index contributed by atoms with van der Waals surface area (Å²) in [5.74, 6) is 0.371. The van der Waals surface area contributed by atoms with Crippen molar-refractivity contribution in [3.8, 4) is 0 Å².